The number of benzene rings is 1. The molecule has 1 fully saturated rings. The van der Waals surface area contributed by atoms with Crippen molar-refractivity contribution in [3.63, 3.8) is 0 Å². The predicted octanol–water partition coefficient (Wildman–Crippen LogP) is 5.04. The van der Waals surface area contributed by atoms with Gasteiger partial charge in [0.1, 0.15) is 0 Å². The molecule has 1 aliphatic rings. The maximum Gasteiger partial charge on any atom is 0.0731 e. The number of nitrogens with one attached hydrogen (secondary N) is 1. The zero-order chi connectivity index (χ0) is 15.1. The highest BCUT2D eigenvalue weighted by Crippen LogP contribution is 2.27. The van der Waals surface area contributed by atoms with Crippen molar-refractivity contribution < 1.29 is 4.74 Å². The smallest absolute Gasteiger partial charge is 0.0731 e. The lowest BCUT2D eigenvalue weighted by atomic mass is 9.89. The van der Waals surface area contributed by atoms with Crippen molar-refractivity contribution in [2.45, 2.75) is 65.2 Å². The molecule has 0 bridgehead atoms. The fourth-order valence-electron chi connectivity index (χ4n) is 2.96. The first-order chi connectivity index (χ1) is 10.2. The van der Waals surface area contributed by atoms with Crippen molar-refractivity contribution in [2.75, 3.05) is 6.54 Å². The van der Waals surface area contributed by atoms with E-state index in [0.29, 0.717) is 6.10 Å². The van der Waals surface area contributed by atoms with Gasteiger partial charge in [-0.05, 0) is 48.9 Å². The molecule has 0 saturated heterocycles. The summed E-state index contributed by atoms with van der Waals surface area (Å²) < 4.78 is 7.28. The molecule has 0 amide bonds. The first-order valence-corrected chi connectivity index (χ1v) is 9.08. The zero-order valence-corrected chi connectivity index (χ0v) is 14.9. The van der Waals surface area contributed by atoms with Crippen molar-refractivity contribution in [2.24, 2.45) is 5.92 Å². The van der Waals surface area contributed by atoms with Crippen LogP contribution in [-0.2, 0) is 17.9 Å². The van der Waals surface area contributed by atoms with E-state index in [1.54, 1.807) is 0 Å². The summed E-state index contributed by atoms with van der Waals surface area (Å²) in [5.41, 5.74) is 2.58. The zero-order valence-electron chi connectivity index (χ0n) is 13.3. The maximum absolute atomic E-state index is 6.11. The molecule has 0 aromatic heterocycles. The highest BCUT2D eigenvalue weighted by Gasteiger charge is 2.19. The quantitative estimate of drug-likeness (QED) is 0.693. The van der Waals surface area contributed by atoms with Crippen molar-refractivity contribution in [3.8, 4) is 0 Å². The first kappa shape index (κ1) is 17.0. The Bertz CT molecular complexity index is 435. The lowest BCUT2D eigenvalue weighted by molar-refractivity contribution is 0.00443. The highest BCUT2D eigenvalue weighted by molar-refractivity contribution is 9.10. The van der Waals surface area contributed by atoms with Crippen LogP contribution in [0.15, 0.2) is 22.7 Å². The molecule has 0 spiro atoms. The molecule has 1 aromatic carbocycles. The minimum Gasteiger partial charge on any atom is -0.373 e. The van der Waals surface area contributed by atoms with Gasteiger partial charge >= 0.3 is 0 Å². The summed E-state index contributed by atoms with van der Waals surface area (Å²) in [4.78, 5) is 0. The highest BCUT2D eigenvalue weighted by atomic mass is 79.9. The number of halogens is 1. The van der Waals surface area contributed by atoms with Crippen LogP contribution in [0.5, 0.6) is 0 Å². The van der Waals surface area contributed by atoms with Crippen LogP contribution in [0, 0.1) is 5.92 Å². The van der Waals surface area contributed by atoms with E-state index in [4.69, 9.17) is 4.74 Å². The Hall–Kier alpha value is -0.380. The summed E-state index contributed by atoms with van der Waals surface area (Å²) in [6.07, 6.45) is 6.74. The van der Waals surface area contributed by atoms with Gasteiger partial charge in [-0.3, -0.25) is 0 Å². The van der Waals surface area contributed by atoms with Gasteiger partial charge < -0.3 is 10.1 Å². The van der Waals surface area contributed by atoms with Crippen LogP contribution in [0.3, 0.4) is 0 Å². The monoisotopic (exact) mass is 353 g/mol. The van der Waals surface area contributed by atoms with Crippen molar-refractivity contribution >= 4 is 15.9 Å². The second-order valence-electron chi connectivity index (χ2n) is 6.31. The summed E-state index contributed by atoms with van der Waals surface area (Å²) in [6.45, 7) is 7.26. The molecule has 2 nitrogen and oxygen atoms in total. The Morgan fingerprint density at radius 3 is 2.90 bits per heavy atom. The van der Waals surface area contributed by atoms with Gasteiger partial charge in [0.15, 0.2) is 0 Å². The molecule has 2 unspecified atom stereocenters. The SMILES string of the molecule is CCCNCc1ccc(COC2CCCC(C)C2)c(Br)c1. The average molecular weight is 354 g/mol. The fourth-order valence-corrected chi connectivity index (χ4v) is 3.51. The van der Waals surface area contributed by atoms with E-state index in [9.17, 15) is 0 Å². The minimum absolute atomic E-state index is 0.451. The predicted molar refractivity (Wildman–Crippen MR) is 92.3 cm³/mol. The Labute approximate surface area is 137 Å². The van der Waals surface area contributed by atoms with E-state index in [1.165, 1.54) is 47.7 Å². The molecule has 2 atom stereocenters. The minimum atomic E-state index is 0.451. The second kappa shape index (κ2) is 8.92. The van der Waals surface area contributed by atoms with Crippen LogP contribution in [0.25, 0.3) is 0 Å². The number of ether oxygens (including phenoxy) is 1. The summed E-state index contributed by atoms with van der Waals surface area (Å²) in [7, 11) is 0. The average Bonchev–Trinajstić information content (AvgIpc) is 2.47. The van der Waals surface area contributed by atoms with Gasteiger partial charge in [-0.2, -0.15) is 0 Å². The van der Waals surface area contributed by atoms with E-state index in [-0.39, 0.29) is 0 Å². The molecule has 1 saturated carbocycles. The molecule has 2 rings (SSSR count). The number of hydrogen-bond donors (Lipinski definition) is 1. The van der Waals surface area contributed by atoms with Gasteiger partial charge in [-0.15, -0.1) is 0 Å². The molecule has 3 heteroatoms. The largest absolute Gasteiger partial charge is 0.373 e. The molecule has 0 heterocycles. The summed E-state index contributed by atoms with van der Waals surface area (Å²) in [6, 6.07) is 6.61. The molecule has 118 valence electrons. The van der Waals surface area contributed by atoms with Crippen molar-refractivity contribution in [3.05, 3.63) is 33.8 Å². The Morgan fingerprint density at radius 2 is 2.19 bits per heavy atom. The van der Waals surface area contributed by atoms with Crippen LogP contribution in [-0.4, -0.2) is 12.6 Å². The van der Waals surface area contributed by atoms with Gasteiger partial charge in [0.2, 0.25) is 0 Å². The third kappa shape index (κ3) is 5.72. The van der Waals surface area contributed by atoms with E-state index in [2.05, 4.69) is 53.3 Å². The lowest BCUT2D eigenvalue weighted by Gasteiger charge is -2.27. The third-order valence-corrected chi connectivity index (χ3v) is 4.97. The Morgan fingerprint density at radius 1 is 1.33 bits per heavy atom. The van der Waals surface area contributed by atoms with Gasteiger partial charge in [0.05, 0.1) is 12.7 Å². The van der Waals surface area contributed by atoms with E-state index in [1.807, 2.05) is 0 Å². The van der Waals surface area contributed by atoms with Crippen molar-refractivity contribution in [1.29, 1.82) is 0 Å². The van der Waals surface area contributed by atoms with Gasteiger partial charge in [-0.25, -0.2) is 0 Å². The number of hydrogen-bond acceptors (Lipinski definition) is 2. The van der Waals surface area contributed by atoms with E-state index < -0.39 is 0 Å². The van der Waals surface area contributed by atoms with Crippen LogP contribution in [0.4, 0.5) is 0 Å². The Balaban J connectivity index is 1.82. The molecular weight excluding hydrogens is 326 g/mol. The van der Waals surface area contributed by atoms with Crippen LogP contribution in [0.2, 0.25) is 0 Å². The van der Waals surface area contributed by atoms with Crippen LogP contribution >= 0.6 is 15.9 Å². The third-order valence-electron chi connectivity index (χ3n) is 4.24. The topological polar surface area (TPSA) is 21.3 Å². The molecule has 21 heavy (non-hydrogen) atoms. The maximum atomic E-state index is 6.11. The Kier molecular flexibility index (Phi) is 7.21. The lowest BCUT2D eigenvalue weighted by Crippen LogP contribution is -2.21. The summed E-state index contributed by atoms with van der Waals surface area (Å²) in [5, 5.41) is 3.43. The van der Waals surface area contributed by atoms with E-state index in [0.717, 1.165) is 25.6 Å². The molecular formula is C18H28BrNO. The molecule has 0 aliphatic heterocycles. The molecule has 1 aliphatic carbocycles. The number of rotatable bonds is 7. The second-order valence-corrected chi connectivity index (χ2v) is 7.16. The van der Waals surface area contributed by atoms with Crippen molar-refractivity contribution in [1.82, 2.24) is 5.32 Å². The normalized spacial score (nSPS) is 22.4. The van der Waals surface area contributed by atoms with Gasteiger partial charge in [0, 0.05) is 11.0 Å². The molecule has 1 N–H and O–H groups in total. The molecule has 0 radical (unpaired) electrons. The molecule has 1 aromatic rings. The van der Waals surface area contributed by atoms with E-state index >= 15 is 0 Å². The fraction of sp³-hybridized carbons (Fsp3) is 0.667. The van der Waals surface area contributed by atoms with Gasteiger partial charge in [-0.1, -0.05) is 54.8 Å². The van der Waals surface area contributed by atoms with Gasteiger partial charge in [0.25, 0.3) is 0 Å². The van der Waals surface area contributed by atoms with Crippen LogP contribution < -0.4 is 5.32 Å². The summed E-state index contributed by atoms with van der Waals surface area (Å²) >= 11 is 3.69. The van der Waals surface area contributed by atoms with Crippen LogP contribution in [0.1, 0.15) is 57.1 Å². The summed E-state index contributed by atoms with van der Waals surface area (Å²) in [5.74, 6) is 0.819. The first-order valence-electron chi connectivity index (χ1n) is 8.28. The standard InChI is InChI=1S/C18H28BrNO/c1-3-9-20-12-15-7-8-16(18(19)11-15)13-21-17-6-4-5-14(2)10-17/h7-8,11,14,17,20H,3-6,9-10,12-13H2,1-2H3.